The number of ether oxygens (including phenoxy) is 1. The van der Waals surface area contributed by atoms with E-state index in [1.165, 1.54) is 18.9 Å². The number of carbonyl (C=O) groups is 1. The third-order valence-corrected chi connectivity index (χ3v) is 2.95. The SMILES string of the molecule is COC(C([NH])=O)C1CSC(=S)N1. The lowest BCUT2D eigenvalue weighted by Gasteiger charge is -2.17. The number of thioether (sulfide) groups is 1. The number of hydrogen-bond donors (Lipinski definition) is 1. The van der Waals surface area contributed by atoms with E-state index in [0.29, 0.717) is 10.1 Å². The predicted molar refractivity (Wildman–Crippen MR) is 50.9 cm³/mol. The van der Waals surface area contributed by atoms with Crippen LogP contribution >= 0.6 is 24.0 Å². The summed E-state index contributed by atoms with van der Waals surface area (Å²) in [5.74, 6) is -0.0117. The molecule has 1 aliphatic heterocycles. The van der Waals surface area contributed by atoms with Crippen LogP contribution in [0.4, 0.5) is 0 Å². The molecule has 1 fully saturated rings. The van der Waals surface area contributed by atoms with Crippen LogP contribution in [0.3, 0.4) is 0 Å². The van der Waals surface area contributed by atoms with Gasteiger partial charge in [0.05, 0.1) is 6.04 Å². The van der Waals surface area contributed by atoms with Crippen molar-refractivity contribution in [1.82, 2.24) is 11.1 Å². The number of hydrogen-bond acceptors (Lipinski definition) is 4. The second kappa shape index (κ2) is 4.06. The molecule has 1 saturated heterocycles. The maximum absolute atomic E-state index is 10.7. The van der Waals surface area contributed by atoms with Gasteiger partial charge in [-0.15, -0.1) is 0 Å². The molecular formula is C6H9N2O2S2. The van der Waals surface area contributed by atoms with E-state index in [0.717, 1.165) is 0 Å². The first-order chi connectivity index (χ1) is 5.65. The molecule has 0 aliphatic carbocycles. The smallest absolute Gasteiger partial charge is 0.269 e. The predicted octanol–water partition coefficient (Wildman–Crippen LogP) is -0.199. The van der Waals surface area contributed by atoms with Gasteiger partial charge >= 0.3 is 0 Å². The van der Waals surface area contributed by atoms with E-state index in [4.69, 9.17) is 22.7 Å². The highest BCUT2D eigenvalue weighted by Gasteiger charge is 2.31. The lowest BCUT2D eigenvalue weighted by Crippen LogP contribution is -2.44. The molecular weight excluding hydrogens is 196 g/mol. The molecule has 0 saturated carbocycles. The normalized spacial score (nSPS) is 25.1. The first-order valence-corrected chi connectivity index (χ1v) is 4.76. The molecule has 0 aromatic carbocycles. The molecule has 2 atom stereocenters. The number of amides is 1. The third-order valence-electron chi connectivity index (χ3n) is 1.58. The fourth-order valence-electron chi connectivity index (χ4n) is 1.02. The minimum Gasteiger partial charge on any atom is -0.369 e. The maximum atomic E-state index is 10.7. The van der Waals surface area contributed by atoms with Crippen molar-refractivity contribution in [2.24, 2.45) is 0 Å². The molecule has 0 bridgehead atoms. The zero-order valence-electron chi connectivity index (χ0n) is 6.49. The van der Waals surface area contributed by atoms with E-state index in [1.54, 1.807) is 0 Å². The lowest BCUT2D eigenvalue weighted by atomic mass is 10.2. The Morgan fingerprint density at radius 2 is 2.67 bits per heavy atom. The molecule has 12 heavy (non-hydrogen) atoms. The number of carbonyl (C=O) groups excluding carboxylic acids is 1. The molecule has 1 radical (unpaired) electrons. The van der Waals surface area contributed by atoms with Crippen LogP contribution in [0.2, 0.25) is 0 Å². The van der Waals surface area contributed by atoms with Crippen molar-refractivity contribution in [2.75, 3.05) is 12.9 Å². The highest BCUT2D eigenvalue weighted by atomic mass is 32.2. The molecule has 0 aromatic rings. The molecule has 4 nitrogen and oxygen atoms in total. The summed E-state index contributed by atoms with van der Waals surface area (Å²) in [5.41, 5.74) is 6.91. The minimum atomic E-state index is -0.708. The maximum Gasteiger partial charge on any atom is 0.269 e. The number of methoxy groups -OCH3 is 1. The Morgan fingerprint density at radius 1 is 2.00 bits per heavy atom. The molecule has 67 valence electrons. The number of nitrogens with one attached hydrogen (secondary N) is 2. The molecule has 1 rings (SSSR count). The second-order valence-corrected chi connectivity index (χ2v) is 4.07. The van der Waals surface area contributed by atoms with Gasteiger partial charge in [0.1, 0.15) is 4.32 Å². The van der Waals surface area contributed by atoms with Gasteiger partial charge in [-0.05, 0) is 0 Å². The Balaban J connectivity index is 2.55. The van der Waals surface area contributed by atoms with Crippen LogP contribution < -0.4 is 11.1 Å². The fraction of sp³-hybridized carbons (Fsp3) is 0.667. The molecule has 1 heterocycles. The van der Waals surface area contributed by atoms with Gasteiger partial charge in [-0.1, -0.05) is 24.0 Å². The van der Waals surface area contributed by atoms with Gasteiger partial charge in [0.15, 0.2) is 6.10 Å². The first-order valence-electron chi connectivity index (χ1n) is 3.36. The summed E-state index contributed by atoms with van der Waals surface area (Å²) >= 11 is 6.34. The second-order valence-electron chi connectivity index (χ2n) is 2.37. The van der Waals surface area contributed by atoms with Crippen LogP contribution in [-0.2, 0) is 9.53 Å². The molecule has 1 amide bonds. The summed E-state index contributed by atoms with van der Waals surface area (Å²) in [4.78, 5) is 10.7. The monoisotopic (exact) mass is 205 g/mol. The van der Waals surface area contributed by atoms with Crippen LogP contribution in [0.5, 0.6) is 0 Å². The van der Waals surface area contributed by atoms with E-state index in [-0.39, 0.29) is 6.04 Å². The van der Waals surface area contributed by atoms with Crippen molar-refractivity contribution < 1.29 is 9.53 Å². The number of rotatable bonds is 3. The summed E-state index contributed by atoms with van der Waals surface area (Å²) in [6.07, 6.45) is -0.696. The van der Waals surface area contributed by atoms with Crippen LogP contribution in [0, 0.1) is 0 Å². The van der Waals surface area contributed by atoms with Crippen molar-refractivity contribution in [3.05, 3.63) is 0 Å². The van der Waals surface area contributed by atoms with E-state index < -0.39 is 12.0 Å². The van der Waals surface area contributed by atoms with Gasteiger partial charge in [-0.25, -0.2) is 0 Å². The zero-order valence-corrected chi connectivity index (χ0v) is 8.13. The van der Waals surface area contributed by atoms with Gasteiger partial charge in [0.2, 0.25) is 0 Å². The minimum absolute atomic E-state index is 0.141. The summed E-state index contributed by atoms with van der Waals surface area (Å²) in [6.45, 7) is 0. The standard InChI is InChI=1S/C6H9N2O2S2/c1-10-4(5(7)9)3-2-12-6(11)8-3/h3-4,7H,2H2,1H3,(H,8,11). The summed E-state index contributed by atoms with van der Waals surface area (Å²) in [7, 11) is 1.42. The van der Waals surface area contributed by atoms with Gasteiger partial charge in [0.25, 0.3) is 5.91 Å². The number of thiocarbonyl (C=S) groups is 1. The largest absolute Gasteiger partial charge is 0.369 e. The quantitative estimate of drug-likeness (QED) is 0.647. The van der Waals surface area contributed by atoms with Crippen LogP contribution in [0.25, 0.3) is 0 Å². The van der Waals surface area contributed by atoms with E-state index >= 15 is 0 Å². The van der Waals surface area contributed by atoms with Gasteiger partial charge < -0.3 is 10.1 Å². The molecule has 2 N–H and O–H groups in total. The van der Waals surface area contributed by atoms with Gasteiger partial charge in [-0.3, -0.25) is 10.5 Å². The Bertz CT molecular complexity index is 210. The topological polar surface area (TPSA) is 62.1 Å². The van der Waals surface area contributed by atoms with Crippen molar-refractivity contribution in [2.45, 2.75) is 12.1 Å². The third kappa shape index (κ3) is 2.09. The Kier molecular flexibility index (Phi) is 3.30. The Hall–Kier alpha value is -0.330. The van der Waals surface area contributed by atoms with E-state index in [1.807, 2.05) is 0 Å². The molecule has 6 heteroatoms. The lowest BCUT2D eigenvalue weighted by molar-refractivity contribution is -0.129. The average Bonchev–Trinajstić information content (AvgIpc) is 2.37. The van der Waals surface area contributed by atoms with Crippen LogP contribution in [0.1, 0.15) is 0 Å². The molecule has 0 spiro atoms. The van der Waals surface area contributed by atoms with E-state index in [9.17, 15) is 4.79 Å². The Labute approximate surface area is 80.2 Å². The van der Waals surface area contributed by atoms with Crippen molar-refractivity contribution in [3.63, 3.8) is 0 Å². The highest BCUT2D eigenvalue weighted by molar-refractivity contribution is 8.23. The summed E-state index contributed by atoms with van der Waals surface area (Å²) in [5, 5.41) is 2.91. The zero-order chi connectivity index (χ0) is 9.14. The van der Waals surface area contributed by atoms with Crippen LogP contribution in [-0.4, -0.2) is 35.2 Å². The first kappa shape index (κ1) is 9.76. The van der Waals surface area contributed by atoms with Crippen molar-refractivity contribution in [1.29, 1.82) is 0 Å². The fourth-order valence-corrected chi connectivity index (χ4v) is 2.20. The van der Waals surface area contributed by atoms with Crippen molar-refractivity contribution >= 4 is 34.2 Å². The van der Waals surface area contributed by atoms with Crippen molar-refractivity contribution in [3.8, 4) is 0 Å². The highest BCUT2D eigenvalue weighted by Crippen LogP contribution is 2.17. The molecule has 0 aromatic heterocycles. The molecule has 1 aliphatic rings. The molecule has 2 unspecified atom stereocenters. The van der Waals surface area contributed by atoms with Crippen LogP contribution in [0.15, 0.2) is 0 Å². The van der Waals surface area contributed by atoms with Gasteiger partial charge in [0, 0.05) is 12.9 Å². The summed E-state index contributed by atoms with van der Waals surface area (Å²) < 4.78 is 5.54. The van der Waals surface area contributed by atoms with Gasteiger partial charge in [-0.2, -0.15) is 0 Å². The Morgan fingerprint density at radius 3 is 3.00 bits per heavy atom. The summed E-state index contributed by atoms with van der Waals surface area (Å²) in [6, 6.07) is -0.141. The average molecular weight is 205 g/mol. The van der Waals surface area contributed by atoms with E-state index in [2.05, 4.69) is 5.32 Å².